The third kappa shape index (κ3) is 4.73. The molecule has 3 N–H and O–H groups in total. The van der Waals surface area contributed by atoms with Crippen molar-refractivity contribution in [3.8, 4) is 11.5 Å². The van der Waals surface area contributed by atoms with Gasteiger partial charge in [0.05, 0.1) is 43.6 Å². The molecule has 1 aromatic carbocycles. The zero-order valence-corrected chi connectivity index (χ0v) is 19.1. The Hall–Kier alpha value is -2.50. The fourth-order valence-corrected chi connectivity index (χ4v) is 4.92. The highest BCUT2D eigenvalue weighted by atomic mass is 32.2. The van der Waals surface area contributed by atoms with Crippen LogP contribution in [-0.4, -0.2) is 79.4 Å². The maximum atomic E-state index is 12.8. The number of benzene rings is 1. The van der Waals surface area contributed by atoms with Crippen LogP contribution in [0.15, 0.2) is 18.2 Å². The second-order valence-corrected chi connectivity index (χ2v) is 8.53. The van der Waals surface area contributed by atoms with Crippen molar-refractivity contribution in [2.75, 3.05) is 39.4 Å². The Bertz CT molecular complexity index is 853. The first-order valence-corrected chi connectivity index (χ1v) is 11.1. The Balaban J connectivity index is 1.68. The maximum Gasteiger partial charge on any atom is 0.327 e. The van der Waals surface area contributed by atoms with Gasteiger partial charge in [0, 0.05) is 25.8 Å². The van der Waals surface area contributed by atoms with Crippen molar-refractivity contribution in [3.63, 3.8) is 0 Å². The maximum absolute atomic E-state index is 12.8. The molecule has 0 bridgehead atoms. The Kier molecular flexibility index (Phi) is 7.29. The van der Waals surface area contributed by atoms with Crippen LogP contribution in [0.2, 0.25) is 0 Å². The SMILES string of the molecule is CCC1NC(SCC(=O)Nc2ccc(OC)c(OC)c2)C2C(=O)N(C)C(=O)N(C)C2N1. The first-order chi connectivity index (χ1) is 14.8. The Morgan fingerprint density at radius 1 is 1.16 bits per heavy atom. The molecule has 2 aliphatic rings. The zero-order chi connectivity index (χ0) is 22.7. The van der Waals surface area contributed by atoms with Gasteiger partial charge in [0.2, 0.25) is 11.8 Å². The van der Waals surface area contributed by atoms with Crippen LogP contribution in [0.1, 0.15) is 13.3 Å². The molecule has 4 atom stereocenters. The molecule has 4 amide bonds. The molecule has 11 heteroatoms. The van der Waals surface area contributed by atoms with E-state index in [1.54, 1.807) is 37.3 Å². The molecule has 0 radical (unpaired) electrons. The molecule has 2 heterocycles. The quantitative estimate of drug-likeness (QED) is 0.565. The van der Waals surface area contributed by atoms with Crippen molar-refractivity contribution >= 4 is 35.3 Å². The van der Waals surface area contributed by atoms with Crippen molar-refractivity contribution in [1.82, 2.24) is 20.4 Å². The van der Waals surface area contributed by atoms with Crippen LogP contribution in [0.25, 0.3) is 0 Å². The summed E-state index contributed by atoms with van der Waals surface area (Å²) in [5, 5.41) is 9.24. The molecule has 4 unspecified atom stereocenters. The van der Waals surface area contributed by atoms with Crippen molar-refractivity contribution in [1.29, 1.82) is 0 Å². The van der Waals surface area contributed by atoms with Gasteiger partial charge in [-0.05, 0) is 18.6 Å². The molecule has 2 fully saturated rings. The first kappa shape index (κ1) is 23.2. The molecule has 170 valence electrons. The largest absolute Gasteiger partial charge is 0.493 e. The van der Waals surface area contributed by atoms with Crippen LogP contribution >= 0.6 is 11.8 Å². The number of fused-ring (bicyclic) bond motifs is 1. The zero-order valence-electron chi connectivity index (χ0n) is 18.3. The summed E-state index contributed by atoms with van der Waals surface area (Å²) in [4.78, 5) is 40.4. The fourth-order valence-electron chi connectivity index (χ4n) is 3.78. The number of amides is 4. The lowest BCUT2D eigenvalue weighted by atomic mass is 9.97. The van der Waals surface area contributed by atoms with Crippen LogP contribution in [0.4, 0.5) is 10.5 Å². The van der Waals surface area contributed by atoms with Gasteiger partial charge in [-0.3, -0.25) is 25.1 Å². The molecule has 10 nitrogen and oxygen atoms in total. The van der Waals surface area contributed by atoms with Gasteiger partial charge in [0.15, 0.2) is 11.5 Å². The average Bonchev–Trinajstić information content (AvgIpc) is 2.79. The minimum absolute atomic E-state index is 0.0703. The molecule has 0 spiro atoms. The number of ether oxygens (including phenoxy) is 2. The number of hydrogen-bond donors (Lipinski definition) is 3. The third-order valence-corrected chi connectivity index (χ3v) is 6.71. The van der Waals surface area contributed by atoms with E-state index >= 15 is 0 Å². The van der Waals surface area contributed by atoms with Gasteiger partial charge in [-0.2, -0.15) is 0 Å². The molecular formula is C20H29N5O5S. The number of nitrogens with one attached hydrogen (secondary N) is 3. The molecule has 0 saturated carbocycles. The van der Waals surface area contributed by atoms with Gasteiger partial charge < -0.3 is 19.7 Å². The van der Waals surface area contributed by atoms with E-state index in [0.29, 0.717) is 17.2 Å². The number of carbonyl (C=O) groups is 3. The van der Waals surface area contributed by atoms with Gasteiger partial charge in [-0.1, -0.05) is 6.92 Å². The van der Waals surface area contributed by atoms with Crippen molar-refractivity contribution in [2.45, 2.75) is 31.0 Å². The highest BCUT2D eigenvalue weighted by Crippen LogP contribution is 2.32. The van der Waals surface area contributed by atoms with E-state index in [1.807, 2.05) is 6.92 Å². The van der Waals surface area contributed by atoms with Crippen LogP contribution < -0.4 is 25.4 Å². The molecule has 2 saturated heterocycles. The van der Waals surface area contributed by atoms with Crippen molar-refractivity contribution < 1.29 is 23.9 Å². The molecule has 0 aliphatic carbocycles. The minimum Gasteiger partial charge on any atom is -0.493 e. The molecule has 31 heavy (non-hydrogen) atoms. The lowest BCUT2D eigenvalue weighted by Gasteiger charge is -2.50. The lowest BCUT2D eigenvalue weighted by Crippen LogP contribution is -2.74. The summed E-state index contributed by atoms with van der Waals surface area (Å²) in [5.74, 6) is 0.257. The van der Waals surface area contributed by atoms with E-state index < -0.39 is 12.1 Å². The second-order valence-electron chi connectivity index (χ2n) is 7.41. The van der Waals surface area contributed by atoms with Crippen molar-refractivity contribution in [3.05, 3.63) is 18.2 Å². The number of urea groups is 1. The lowest BCUT2D eigenvalue weighted by molar-refractivity contribution is -0.140. The molecule has 0 aromatic heterocycles. The normalized spacial score (nSPS) is 25.8. The number of carbonyl (C=O) groups excluding carboxylic acids is 3. The predicted octanol–water partition coefficient (Wildman–Crippen LogP) is 1.10. The van der Waals surface area contributed by atoms with Crippen LogP contribution in [0.5, 0.6) is 11.5 Å². The first-order valence-electron chi connectivity index (χ1n) is 10.0. The summed E-state index contributed by atoms with van der Waals surface area (Å²) in [6.07, 6.45) is 0.275. The third-order valence-electron chi connectivity index (χ3n) is 5.49. The van der Waals surface area contributed by atoms with E-state index in [0.717, 1.165) is 11.3 Å². The number of imide groups is 1. The molecule has 3 rings (SSSR count). The van der Waals surface area contributed by atoms with Gasteiger partial charge in [0.25, 0.3) is 0 Å². The van der Waals surface area contributed by atoms with Crippen LogP contribution in [-0.2, 0) is 9.59 Å². The van der Waals surface area contributed by atoms with E-state index in [9.17, 15) is 14.4 Å². The highest BCUT2D eigenvalue weighted by Gasteiger charge is 2.50. The molecular weight excluding hydrogens is 422 g/mol. The fraction of sp³-hybridized carbons (Fsp3) is 0.550. The van der Waals surface area contributed by atoms with E-state index in [4.69, 9.17) is 9.47 Å². The monoisotopic (exact) mass is 451 g/mol. The summed E-state index contributed by atoms with van der Waals surface area (Å²) in [7, 11) is 6.24. The van der Waals surface area contributed by atoms with Gasteiger partial charge >= 0.3 is 6.03 Å². The number of rotatable bonds is 7. The predicted molar refractivity (Wildman–Crippen MR) is 118 cm³/mol. The minimum atomic E-state index is -0.505. The van der Waals surface area contributed by atoms with Crippen LogP contribution in [0.3, 0.4) is 0 Å². The second kappa shape index (κ2) is 9.75. The Labute approximate surface area is 186 Å². The highest BCUT2D eigenvalue weighted by molar-refractivity contribution is 8.00. The number of nitrogens with zero attached hydrogens (tertiary/aromatic N) is 2. The number of anilines is 1. The number of thioether (sulfide) groups is 1. The Morgan fingerprint density at radius 2 is 1.87 bits per heavy atom. The van der Waals surface area contributed by atoms with Crippen molar-refractivity contribution in [2.24, 2.45) is 5.92 Å². The van der Waals surface area contributed by atoms with Gasteiger partial charge in [-0.15, -0.1) is 11.8 Å². The van der Waals surface area contributed by atoms with Crippen LogP contribution in [0, 0.1) is 5.92 Å². The smallest absolute Gasteiger partial charge is 0.327 e. The van der Waals surface area contributed by atoms with E-state index in [-0.39, 0.29) is 35.1 Å². The average molecular weight is 452 g/mol. The number of hydrogen-bond acceptors (Lipinski definition) is 8. The van der Waals surface area contributed by atoms with E-state index in [2.05, 4.69) is 16.0 Å². The Morgan fingerprint density at radius 3 is 2.52 bits per heavy atom. The summed E-state index contributed by atoms with van der Waals surface area (Å²) >= 11 is 1.35. The summed E-state index contributed by atoms with van der Waals surface area (Å²) in [6, 6.07) is 4.80. The number of methoxy groups -OCH3 is 2. The molecule has 2 aliphatic heterocycles. The van der Waals surface area contributed by atoms with Gasteiger partial charge in [0.1, 0.15) is 0 Å². The van der Waals surface area contributed by atoms with E-state index in [1.165, 1.54) is 25.9 Å². The van der Waals surface area contributed by atoms with Gasteiger partial charge in [-0.25, -0.2) is 4.79 Å². The summed E-state index contributed by atoms with van der Waals surface area (Å²) < 4.78 is 10.5. The molecule has 1 aromatic rings. The summed E-state index contributed by atoms with van der Waals surface area (Å²) in [5.41, 5.74) is 0.588. The standard InChI is InChI=1S/C20H29N5O5S/c1-6-14-22-17-16(19(27)25(3)20(28)24(17)2)18(23-14)31-10-15(26)21-11-7-8-12(29-4)13(9-11)30-5/h7-9,14,16-18,22-23H,6,10H2,1-5H3,(H,21,26). The summed E-state index contributed by atoms with van der Waals surface area (Å²) in [6.45, 7) is 2.01. The topological polar surface area (TPSA) is 112 Å².